The molecule has 0 radical (unpaired) electrons. The molecule has 18 heavy (non-hydrogen) atoms. The van der Waals surface area contributed by atoms with Gasteiger partial charge in [0.2, 0.25) is 0 Å². The van der Waals surface area contributed by atoms with Crippen molar-refractivity contribution >= 4 is 7.82 Å². The van der Waals surface area contributed by atoms with Gasteiger partial charge in [-0.25, -0.2) is 4.57 Å². The Balaban J connectivity index is 5.11. The third-order valence-corrected chi connectivity index (χ3v) is 3.49. The van der Waals surface area contributed by atoms with E-state index in [9.17, 15) is 4.57 Å². The van der Waals surface area contributed by atoms with Gasteiger partial charge in [-0.3, -0.25) is 13.6 Å². The van der Waals surface area contributed by atoms with Gasteiger partial charge in [-0.05, 0) is 27.7 Å². The van der Waals surface area contributed by atoms with Crippen molar-refractivity contribution in [3.63, 3.8) is 0 Å². The predicted molar refractivity (Wildman–Crippen MR) is 70.4 cm³/mol. The molecule has 0 bridgehead atoms. The molecule has 0 rings (SSSR count). The molecule has 0 saturated carbocycles. The average molecular weight is 268 g/mol. The lowest BCUT2D eigenvalue weighted by molar-refractivity contribution is 0.0345. The summed E-state index contributed by atoms with van der Waals surface area (Å²) in [4.78, 5) is 0. The molecule has 4 nitrogen and oxygen atoms in total. The molecule has 0 aromatic carbocycles. The minimum Gasteiger partial charge on any atom is -0.274 e. The first-order valence-corrected chi connectivity index (χ1v) is 6.61. The van der Waals surface area contributed by atoms with E-state index in [1.165, 1.54) is 0 Å². The average Bonchev–Trinajstić information content (AvgIpc) is 2.25. The van der Waals surface area contributed by atoms with Gasteiger partial charge in [-0.1, -0.05) is 17.8 Å². The second kappa shape index (κ2) is 6.10. The molecule has 5 heteroatoms. The molecule has 0 saturated heterocycles. The summed E-state index contributed by atoms with van der Waals surface area (Å²) < 4.78 is 27.7. The number of terminal acetylenes is 3. The number of phosphoric acid groups is 1. The van der Waals surface area contributed by atoms with Gasteiger partial charge in [-0.15, -0.1) is 19.3 Å². The zero-order chi connectivity index (χ0) is 14.4. The van der Waals surface area contributed by atoms with E-state index in [0.717, 1.165) is 0 Å². The van der Waals surface area contributed by atoms with Crippen LogP contribution in [0.3, 0.4) is 0 Å². The van der Waals surface area contributed by atoms with Crippen molar-refractivity contribution in [2.24, 2.45) is 0 Å². The number of rotatable bonds is 6. The van der Waals surface area contributed by atoms with Crippen LogP contribution in [0.25, 0.3) is 0 Å². The van der Waals surface area contributed by atoms with E-state index in [-0.39, 0.29) is 6.61 Å². The van der Waals surface area contributed by atoms with E-state index < -0.39 is 19.0 Å². The maximum absolute atomic E-state index is 12.4. The smallest absolute Gasteiger partial charge is 0.274 e. The summed E-state index contributed by atoms with van der Waals surface area (Å²) in [6.45, 7) is 5.95. The van der Waals surface area contributed by atoms with Crippen LogP contribution in [-0.2, 0) is 18.1 Å². The molecule has 0 aliphatic carbocycles. The summed E-state index contributed by atoms with van der Waals surface area (Å²) in [6, 6.07) is 0. The van der Waals surface area contributed by atoms with Gasteiger partial charge in [0.15, 0.2) is 0 Å². The summed E-state index contributed by atoms with van der Waals surface area (Å²) in [7, 11) is -3.94. The van der Waals surface area contributed by atoms with E-state index in [0.29, 0.717) is 0 Å². The zero-order valence-corrected chi connectivity index (χ0v) is 11.9. The van der Waals surface area contributed by atoms with E-state index >= 15 is 0 Å². The Morgan fingerprint density at radius 1 is 1.00 bits per heavy atom. The van der Waals surface area contributed by atoms with Crippen LogP contribution in [-0.4, -0.2) is 17.8 Å². The molecule has 0 fully saturated rings. The lowest BCUT2D eigenvalue weighted by Gasteiger charge is -2.29. The van der Waals surface area contributed by atoms with Crippen molar-refractivity contribution in [2.75, 3.05) is 6.61 Å². The highest BCUT2D eigenvalue weighted by molar-refractivity contribution is 7.48. The third-order valence-electron chi connectivity index (χ3n) is 1.68. The molecule has 0 aliphatic heterocycles. The molecule has 0 aromatic heterocycles. The second-order valence-corrected chi connectivity index (χ2v) is 5.93. The number of phosphoric ester groups is 1. The highest BCUT2D eigenvalue weighted by Gasteiger charge is 2.39. The lowest BCUT2D eigenvalue weighted by Crippen LogP contribution is -2.27. The fourth-order valence-electron chi connectivity index (χ4n) is 0.799. The normalized spacial score (nSPS) is 12.3. The van der Waals surface area contributed by atoms with Crippen LogP contribution in [0, 0.1) is 37.0 Å². The Morgan fingerprint density at radius 3 is 1.67 bits per heavy atom. The Morgan fingerprint density at radius 2 is 1.39 bits per heavy atom. The third kappa shape index (κ3) is 5.92. The van der Waals surface area contributed by atoms with Gasteiger partial charge in [0.05, 0.1) is 0 Å². The Hall–Kier alpha value is -1.21. The van der Waals surface area contributed by atoms with Crippen molar-refractivity contribution in [3.8, 4) is 37.0 Å². The lowest BCUT2D eigenvalue weighted by atomic mass is 10.2. The van der Waals surface area contributed by atoms with Gasteiger partial charge < -0.3 is 0 Å². The van der Waals surface area contributed by atoms with Crippen LogP contribution in [0.5, 0.6) is 0 Å². The molecule has 98 valence electrons. The topological polar surface area (TPSA) is 44.8 Å². The van der Waals surface area contributed by atoms with Crippen LogP contribution in [0.4, 0.5) is 0 Å². The first kappa shape index (κ1) is 16.8. The minimum absolute atomic E-state index is 0.238. The van der Waals surface area contributed by atoms with Gasteiger partial charge in [-0.2, -0.15) is 0 Å². The fourth-order valence-corrected chi connectivity index (χ4v) is 2.40. The summed E-state index contributed by atoms with van der Waals surface area (Å²) >= 11 is 0. The quantitative estimate of drug-likeness (QED) is 0.548. The summed E-state index contributed by atoms with van der Waals surface area (Å²) in [6.07, 6.45) is 15.5. The number of hydrogen-bond acceptors (Lipinski definition) is 4. The second-order valence-electron chi connectivity index (χ2n) is 4.42. The SMILES string of the molecule is C#CCOP(=O)(OC(C)(C)C#C)OC(C)(C)C#C. The summed E-state index contributed by atoms with van der Waals surface area (Å²) in [5.74, 6) is 6.81. The van der Waals surface area contributed by atoms with Crippen molar-refractivity contribution in [1.29, 1.82) is 0 Å². The van der Waals surface area contributed by atoms with Gasteiger partial charge in [0.25, 0.3) is 0 Å². The maximum atomic E-state index is 12.4. The first-order valence-electron chi connectivity index (χ1n) is 5.15. The highest BCUT2D eigenvalue weighted by Crippen LogP contribution is 2.55. The molecule has 0 unspecified atom stereocenters. The number of hydrogen-bond donors (Lipinski definition) is 0. The molecule has 0 heterocycles. The molecule has 0 spiro atoms. The molecule has 0 atom stereocenters. The Bertz CT molecular complexity index is 425. The van der Waals surface area contributed by atoms with Crippen molar-refractivity contribution in [2.45, 2.75) is 38.9 Å². The Labute approximate surface area is 109 Å². The van der Waals surface area contributed by atoms with Crippen molar-refractivity contribution in [3.05, 3.63) is 0 Å². The van der Waals surface area contributed by atoms with Crippen LogP contribution in [0.2, 0.25) is 0 Å². The van der Waals surface area contributed by atoms with Crippen LogP contribution in [0.15, 0.2) is 0 Å². The molecule has 0 aliphatic rings. The summed E-state index contributed by atoms with van der Waals surface area (Å²) in [5.41, 5.74) is -2.26. The minimum atomic E-state index is -3.94. The molecule has 0 amide bonds. The van der Waals surface area contributed by atoms with Gasteiger partial charge in [0.1, 0.15) is 17.8 Å². The standard InChI is InChI=1S/C13H17O4P/c1-8-11-15-18(14,16-12(4,5)9-2)17-13(6,7)10-3/h1-3H,11H2,4-7H3. The van der Waals surface area contributed by atoms with Crippen LogP contribution >= 0.6 is 7.82 Å². The van der Waals surface area contributed by atoms with Crippen molar-refractivity contribution in [1.82, 2.24) is 0 Å². The predicted octanol–water partition coefficient (Wildman–Crippen LogP) is 2.60. The molecule has 0 N–H and O–H groups in total. The highest BCUT2D eigenvalue weighted by atomic mass is 31.2. The molecular formula is C13H17O4P. The van der Waals surface area contributed by atoms with E-state index in [4.69, 9.17) is 32.8 Å². The van der Waals surface area contributed by atoms with E-state index in [1.54, 1.807) is 27.7 Å². The maximum Gasteiger partial charge on any atom is 0.478 e. The van der Waals surface area contributed by atoms with Crippen LogP contribution in [0.1, 0.15) is 27.7 Å². The van der Waals surface area contributed by atoms with E-state index in [2.05, 4.69) is 17.8 Å². The molecule has 0 aromatic rings. The van der Waals surface area contributed by atoms with Crippen molar-refractivity contribution < 1.29 is 18.1 Å². The summed E-state index contributed by atoms with van der Waals surface area (Å²) in [5, 5.41) is 0. The van der Waals surface area contributed by atoms with Gasteiger partial charge >= 0.3 is 7.82 Å². The van der Waals surface area contributed by atoms with Gasteiger partial charge in [0, 0.05) is 0 Å². The largest absolute Gasteiger partial charge is 0.478 e. The van der Waals surface area contributed by atoms with E-state index in [1.807, 2.05) is 0 Å². The Kier molecular flexibility index (Phi) is 5.69. The monoisotopic (exact) mass is 268 g/mol. The molecular weight excluding hydrogens is 251 g/mol. The zero-order valence-electron chi connectivity index (χ0n) is 11.0. The first-order chi connectivity index (χ1) is 8.10. The fraction of sp³-hybridized carbons (Fsp3) is 0.538. The van der Waals surface area contributed by atoms with Crippen LogP contribution < -0.4 is 0 Å².